The van der Waals surface area contributed by atoms with Crippen LogP contribution in [0.3, 0.4) is 0 Å². The van der Waals surface area contributed by atoms with Crippen LogP contribution in [0.1, 0.15) is 15.9 Å². The summed E-state index contributed by atoms with van der Waals surface area (Å²) in [5.41, 5.74) is 5.89. The topological polar surface area (TPSA) is 59.2 Å². The van der Waals surface area contributed by atoms with Crippen LogP contribution in [-0.2, 0) is 0 Å². The molecule has 0 bridgehead atoms. The Morgan fingerprint density at radius 3 is 2.65 bits per heavy atom. The van der Waals surface area contributed by atoms with Crippen LogP contribution in [0, 0.1) is 18.6 Å². The molecule has 104 valence electrons. The molecular formula is C14H13F2N3O. The number of nitrogens with zero attached hydrogens (tertiary/aromatic N) is 2. The molecule has 0 aliphatic heterocycles. The van der Waals surface area contributed by atoms with E-state index in [-0.39, 0.29) is 11.3 Å². The molecule has 20 heavy (non-hydrogen) atoms. The largest absolute Gasteiger partial charge is 0.396 e. The van der Waals surface area contributed by atoms with Gasteiger partial charge in [-0.1, -0.05) is 6.07 Å². The quantitative estimate of drug-likeness (QED) is 0.917. The van der Waals surface area contributed by atoms with E-state index in [1.54, 1.807) is 0 Å². The minimum absolute atomic E-state index is 0.200. The zero-order valence-electron chi connectivity index (χ0n) is 11.0. The second kappa shape index (κ2) is 5.24. The molecule has 1 heterocycles. The van der Waals surface area contributed by atoms with Gasteiger partial charge in [-0.2, -0.15) is 0 Å². The fourth-order valence-corrected chi connectivity index (χ4v) is 1.83. The molecule has 1 aromatic heterocycles. The molecule has 2 N–H and O–H groups in total. The van der Waals surface area contributed by atoms with Gasteiger partial charge >= 0.3 is 0 Å². The van der Waals surface area contributed by atoms with E-state index < -0.39 is 23.1 Å². The number of carbonyl (C=O) groups is 1. The summed E-state index contributed by atoms with van der Waals surface area (Å²) < 4.78 is 27.7. The Bertz CT molecular complexity index is 673. The number of aryl methyl sites for hydroxylation is 1. The van der Waals surface area contributed by atoms with Crippen LogP contribution in [0.15, 0.2) is 30.6 Å². The number of carbonyl (C=O) groups excluding carboxylic acids is 1. The fourth-order valence-electron chi connectivity index (χ4n) is 1.83. The van der Waals surface area contributed by atoms with Gasteiger partial charge in [-0.3, -0.25) is 9.78 Å². The lowest BCUT2D eigenvalue weighted by Crippen LogP contribution is -2.29. The van der Waals surface area contributed by atoms with Crippen molar-refractivity contribution >= 4 is 17.3 Å². The summed E-state index contributed by atoms with van der Waals surface area (Å²) in [7, 11) is 1.40. The van der Waals surface area contributed by atoms with Crippen molar-refractivity contribution in [2.24, 2.45) is 0 Å². The van der Waals surface area contributed by atoms with Gasteiger partial charge in [0, 0.05) is 13.2 Å². The van der Waals surface area contributed by atoms with Crippen LogP contribution in [-0.4, -0.2) is 17.9 Å². The third kappa shape index (κ3) is 2.32. The highest BCUT2D eigenvalue weighted by molar-refractivity contribution is 6.07. The number of halogens is 2. The lowest BCUT2D eigenvalue weighted by Gasteiger charge is -2.19. The molecule has 6 heteroatoms. The summed E-state index contributed by atoms with van der Waals surface area (Å²) in [6, 6.07) is 3.84. The Morgan fingerprint density at radius 1 is 1.30 bits per heavy atom. The second-order valence-corrected chi connectivity index (χ2v) is 4.35. The lowest BCUT2D eigenvalue weighted by molar-refractivity contribution is 0.0985. The molecule has 0 unspecified atom stereocenters. The maximum atomic E-state index is 14.0. The van der Waals surface area contributed by atoms with E-state index in [1.807, 2.05) is 0 Å². The maximum Gasteiger partial charge on any atom is 0.264 e. The number of nitrogens with two attached hydrogens (primary N) is 1. The monoisotopic (exact) mass is 277 g/mol. The fraction of sp³-hybridized carbons (Fsp3) is 0.143. The van der Waals surface area contributed by atoms with Crippen LogP contribution < -0.4 is 10.6 Å². The van der Waals surface area contributed by atoms with Crippen LogP contribution >= 0.6 is 0 Å². The molecule has 0 saturated heterocycles. The van der Waals surface area contributed by atoms with Crippen LogP contribution in [0.2, 0.25) is 0 Å². The maximum absolute atomic E-state index is 14.0. The van der Waals surface area contributed by atoms with Gasteiger partial charge in [-0.25, -0.2) is 8.78 Å². The normalized spacial score (nSPS) is 10.4. The van der Waals surface area contributed by atoms with Crippen molar-refractivity contribution in [3.05, 3.63) is 53.4 Å². The molecule has 0 fully saturated rings. The van der Waals surface area contributed by atoms with E-state index in [4.69, 9.17) is 5.73 Å². The average molecular weight is 277 g/mol. The molecular weight excluding hydrogens is 264 g/mol. The zero-order valence-corrected chi connectivity index (χ0v) is 11.0. The van der Waals surface area contributed by atoms with Crippen LogP contribution in [0.25, 0.3) is 0 Å². The van der Waals surface area contributed by atoms with Crippen LogP contribution in [0.4, 0.5) is 20.2 Å². The molecule has 0 aliphatic carbocycles. The Morgan fingerprint density at radius 2 is 2.00 bits per heavy atom. The minimum Gasteiger partial charge on any atom is -0.396 e. The van der Waals surface area contributed by atoms with E-state index in [0.717, 1.165) is 11.0 Å². The third-order valence-electron chi connectivity index (χ3n) is 2.99. The first-order valence-corrected chi connectivity index (χ1v) is 5.85. The molecule has 2 aromatic rings. The predicted octanol–water partition coefficient (Wildman–Crippen LogP) is 2.53. The number of benzene rings is 1. The summed E-state index contributed by atoms with van der Waals surface area (Å²) in [4.78, 5) is 17.2. The molecule has 2 rings (SSSR count). The summed E-state index contributed by atoms with van der Waals surface area (Å²) >= 11 is 0. The molecule has 0 saturated carbocycles. The van der Waals surface area contributed by atoms with Crippen molar-refractivity contribution in [3.63, 3.8) is 0 Å². The standard InChI is InChI=1S/C14H13F2N3O/c1-8-3-4-9(15)12(13(8)16)14(20)19(2)11-5-6-18-7-10(11)17/h3-7H,17H2,1-2H3. The molecule has 0 aliphatic rings. The van der Waals surface area contributed by atoms with Gasteiger partial charge < -0.3 is 10.6 Å². The van der Waals surface area contributed by atoms with E-state index >= 15 is 0 Å². The smallest absolute Gasteiger partial charge is 0.264 e. The van der Waals surface area contributed by atoms with Crippen molar-refractivity contribution in [2.45, 2.75) is 6.92 Å². The summed E-state index contributed by atoms with van der Waals surface area (Å²) in [5.74, 6) is -2.58. The highest BCUT2D eigenvalue weighted by Crippen LogP contribution is 2.24. The minimum atomic E-state index is -0.905. The first-order chi connectivity index (χ1) is 9.43. The van der Waals surface area contributed by atoms with Gasteiger partial charge in [-0.05, 0) is 24.6 Å². The molecule has 1 amide bonds. The van der Waals surface area contributed by atoms with Crippen LogP contribution in [0.5, 0.6) is 0 Å². The summed E-state index contributed by atoms with van der Waals surface area (Å²) in [6.45, 7) is 1.46. The van der Waals surface area contributed by atoms with Crippen molar-refractivity contribution in [1.29, 1.82) is 0 Å². The lowest BCUT2D eigenvalue weighted by atomic mass is 10.1. The number of hydrogen-bond acceptors (Lipinski definition) is 3. The van der Waals surface area contributed by atoms with Gasteiger partial charge in [0.05, 0.1) is 17.6 Å². The Labute approximate surface area is 114 Å². The molecule has 0 atom stereocenters. The van der Waals surface area contributed by atoms with Crippen molar-refractivity contribution in [1.82, 2.24) is 4.98 Å². The van der Waals surface area contributed by atoms with E-state index in [9.17, 15) is 13.6 Å². The van der Waals surface area contributed by atoms with Gasteiger partial charge in [0.15, 0.2) is 0 Å². The Kier molecular flexibility index (Phi) is 3.65. The number of aromatic nitrogens is 1. The van der Waals surface area contributed by atoms with Gasteiger partial charge in [-0.15, -0.1) is 0 Å². The predicted molar refractivity (Wildman–Crippen MR) is 72.5 cm³/mol. The van der Waals surface area contributed by atoms with Crippen molar-refractivity contribution in [3.8, 4) is 0 Å². The Balaban J connectivity index is 2.47. The zero-order chi connectivity index (χ0) is 14.9. The summed E-state index contributed by atoms with van der Waals surface area (Å²) in [5, 5.41) is 0. The van der Waals surface area contributed by atoms with E-state index in [0.29, 0.717) is 5.69 Å². The molecule has 0 spiro atoms. The molecule has 4 nitrogen and oxygen atoms in total. The summed E-state index contributed by atoms with van der Waals surface area (Å²) in [6.07, 6.45) is 2.81. The van der Waals surface area contributed by atoms with Crippen molar-refractivity contribution in [2.75, 3.05) is 17.7 Å². The first kappa shape index (κ1) is 13.9. The number of pyridine rings is 1. The van der Waals surface area contributed by atoms with Gasteiger partial charge in [0.25, 0.3) is 5.91 Å². The van der Waals surface area contributed by atoms with E-state index in [1.165, 1.54) is 38.5 Å². The number of rotatable bonds is 2. The second-order valence-electron chi connectivity index (χ2n) is 4.35. The van der Waals surface area contributed by atoms with Gasteiger partial charge in [0.2, 0.25) is 0 Å². The van der Waals surface area contributed by atoms with Gasteiger partial charge in [0.1, 0.15) is 17.2 Å². The highest BCUT2D eigenvalue weighted by Gasteiger charge is 2.24. The third-order valence-corrected chi connectivity index (χ3v) is 2.99. The first-order valence-electron chi connectivity index (χ1n) is 5.85. The number of hydrogen-bond donors (Lipinski definition) is 1. The number of amides is 1. The highest BCUT2D eigenvalue weighted by atomic mass is 19.1. The Hall–Kier alpha value is -2.50. The molecule has 1 aromatic carbocycles. The average Bonchev–Trinajstić information content (AvgIpc) is 2.43. The van der Waals surface area contributed by atoms with E-state index in [2.05, 4.69) is 4.98 Å². The number of nitrogen functional groups attached to an aromatic ring is 1. The molecule has 0 radical (unpaired) electrons. The van der Waals surface area contributed by atoms with Crippen molar-refractivity contribution < 1.29 is 13.6 Å². The number of anilines is 2. The SMILES string of the molecule is Cc1ccc(F)c(C(=O)N(C)c2ccncc2N)c1F.